The first-order chi connectivity index (χ1) is 6.19. The van der Waals surface area contributed by atoms with E-state index in [0.717, 1.165) is 4.88 Å². The van der Waals surface area contributed by atoms with E-state index < -0.39 is 0 Å². The van der Waals surface area contributed by atoms with Crippen LogP contribution in [0.25, 0.3) is 0 Å². The number of carbonyl (C=O) groups is 1. The summed E-state index contributed by atoms with van der Waals surface area (Å²) in [6.45, 7) is 1.66. The van der Waals surface area contributed by atoms with Gasteiger partial charge in [0.25, 0.3) is 0 Å². The molecule has 0 aliphatic rings. The largest absolute Gasteiger partial charge is 0.465 e. The molecule has 0 amide bonds. The highest BCUT2D eigenvalue weighted by atomic mass is 32.1. The smallest absolute Gasteiger partial charge is 0.348 e. The fourth-order valence-electron chi connectivity index (χ4n) is 0.792. The van der Waals surface area contributed by atoms with E-state index in [-0.39, 0.29) is 5.97 Å². The molecule has 0 saturated carbocycles. The number of ether oxygens (including phenoxy) is 1. The molecule has 0 unspecified atom stereocenters. The number of hydrogen-bond acceptors (Lipinski definition) is 5. The molecule has 1 heterocycles. The highest BCUT2D eigenvalue weighted by molar-refractivity contribution is 7.15. The van der Waals surface area contributed by atoms with Gasteiger partial charge in [0.05, 0.1) is 17.7 Å². The minimum atomic E-state index is -0.373. The fourth-order valence-corrected chi connectivity index (χ4v) is 1.66. The van der Waals surface area contributed by atoms with Crippen LogP contribution in [0.2, 0.25) is 0 Å². The van der Waals surface area contributed by atoms with Crippen molar-refractivity contribution in [2.24, 2.45) is 5.16 Å². The van der Waals surface area contributed by atoms with Gasteiger partial charge < -0.3 is 9.94 Å². The molecule has 70 valence electrons. The Morgan fingerprint density at radius 3 is 2.69 bits per heavy atom. The summed E-state index contributed by atoms with van der Waals surface area (Å²) in [4.78, 5) is 12.3. The topological polar surface area (TPSA) is 58.9 Å². The van der Waals surface area contributed by atoms with Gasteiger partial charge in [-0.15, -0.1) is 11.3 Å². The van der Waals surface area contributed by atoms with Crippen molar-refractivity contribution in [2.75, 3.05) is 7.11 Å². The molecule has 0 aromatic carbocycles. The van der Waals surface area contributed by atoms with Crippen molar-refractivity contribution in [3.8, 4) is 0 Å². The van der Waals surface area contributed by atoms with Crippen LogP contribution < -0.4 is 0 Å². The molecule has 0 radical (unpaired) electrons. The van der Waals surface area contributed by atoms with E-state index in [1.54, 1.807) is 19.1 Å². The van der Waals surface area contributed by atoms with E-state index in [4.69, 9.17) is 5.21 Å². The second-order valence-electron chi connectivity index (χ2n) is 2.34. The van der Waals surface area contributed by atoms with E-state index >= 15 is 0 Å². The Labute approximate surface area is 79.5 Å². The Morgan fingerprint density at radius 2 is 2.15 bits per heavy atom. The number of methoxy groups -OCH3 is 1. The highest BCUT2D eigenvalue weighted by Crippen LogP contribution is 2.17. The third-order valence-corrected chi connectivity index (χ3v) is 2.67. The summed E-state index contributed by atoms with van der Waals surface area (Å²) in [5.74, 6) is -0.373. The normalized spacial score (nSPS) is 11.4. The molecule has 0 fully saturated rings. The van der Waals surface area contributed by atoms with Crippen molar-refractivity contribution in [3.63, 3.8) is 0 Å². The molecule has 0 aliphatic carbocycles. The summed E-state index contributed by atoms with van der Waals surface area (Å²) in [6.07, 6.45) is 0. The van der Waals surface area contributed by atoms with E-state index in [0.29, 0.717) is 10.6 Å². The maximum atomic E-state index is 11.0. The Kier molecular flexibility index (Phi) is 3.02. The zero-order chi connectivity index (χ0) is 9.84. The van der Waals surface area contributed by atoms with Gasteiger partial charge in [0.2, 0.25) is 0 Å². The molecule has 13 heavy (non-hydrogen) atoms. The first kappa shape index (κ1) is 9.73. The molecular weight excluding hydrogens is 190 g/mol. The van der Waals surface area contributed by atoms with Crippen LogP contribution in [-0.4, -0.2) is 24.0 Å². The van der Waals surface area contributed by atoms with Crippen LogP contribution in [0.5, 0.6) is 0 Å². The molecule has 4 nitrogen and oxygen atoms in total. The lowest BCUT2D eigenvalue weighted by molar-refractivity contribution is 0.0606. The molecule has 0 saturated heterocycles. The Bertz CT molecular complexity index is 343. The zero-order valence-corrected chi connectivity index (χ0v) is 8.09. The van der Waals surface area contributed by atoms with Gasteiger partial charge in [-0.25, -0.2) is 4.79 Å². The number of rotatable bonds is 2. The number of nitrogens with zero attached hydrogens (tertiary/aromatic N) is 1. The van der Waals surface area contributed by atoms with Crippen LogP contribution in [0, 0.1) is 0 Å². The second kappa shape index (κ2) is 4.04. The lowest BCUT2D eigenvalue weighted by Gasteiger charge is -1.92. The summed E-state index contributed by atoms with van der Waals surface area (Å²) >= 11 is 1.23. The lowest BCUT2D eigenvalue weighted by Crippen LogP contribution is -1.96. The predicted molar refractivity (Wildman–Crippen MR) is 49.7 cm³/mol. The van der Waals surface area contributed by atoms with Crippen LogP contribution >= 0.6 is 11.3 Å². The first-order valence-electron chi connectivity index (χ1n) is 3.56. The molecule has 0 spiro atoms. The van der Waals surface area contributed by atoms with Gasteiger partial charge in [-0.2, -0.15) is 0 Å². The van der Waals surface area contributed by atoms with Crippen LogP contribution in [0.4, 0.5) is 0 Å². The monoisotopic (exact) mass is 199 g/mol. The Hall–Kier alpha value is -1.36. The van der Waals surface area contributed by atoms with E-state index in [1.165, 1.54) is 18.4 Å². The van der Waals surface area contributed by atoms with Crippen molar-refractivity contribution in [3.05, 3.63) is 21.9 Å². The average Bonchev–Trinajstić information content (AvgIpc) is 2.64. The quantitative estimate of drug-likeness (QED) is 0.341. The summed E-state index contributed by atoms with van der Waals surface area (Å²) < 4.78 is 4.53. The van der Waals surface area contributed by atoms with Crippen LogP contribution in [0.3, 0.4) is 0 Å². The maximum absolute atomic E-state index is 11.0. The van der Waals surface area contributed by atoms with Gasteiger partial charge in [-0.05, 0) is 19.1 Å². The molecule has 1 aromatic rings. The molecule has 1 rings (SSSR count). The van der Waals surface area contributed by atoms with Gasteiger partial charge in [0.1, 0.15) is 4.88 Å². The molecular formula is C8H9NO3S. The number of thiophene rings is 1. The third kappa shape index (κ3) is 2.06. The summed E-state index contributed by atoms with van der Waals surface area (Å²) in [7, 11) is 1.33. The Balaban J connectivity index is 2.93. The summed E-state index contributed by atoms with van der Waals surface area (Å²) in [6, 6.07) is 3.35. The number of hydrogen-bond donors (Lipinski definition) is 1. The standard InChI is InChI=1S/C8H9NO3S/c1-5(9-11)6-3-4-7(13-6)8(10)12-2/h3-4,11H,1-2H3/b9-5+. The van der Waals surface area contributed by atoms with Crippen molar-refractivity contribution < 1.29 is 14.7 Å². The van der Waals surface area contributed by atoms with Gasteiger partial charge >= 0.3 is 5.97 Å². The maximum Gasteiger partial charge on any atom is 0.348 e. The first-order valence-corrected chi connectivity index (χ1v) is 4.38. The average molecular weight is 199 g/mol. The molecule has 0 atom stereocenters. The van der Waals surface area contributed by atoms with Gasteiger partial charge in [-0.1, -0.05) is 5.16 Å². The molecule has 5 heteroatoms. The summed E-state index contributed by atoms with van der Waals surface area (Å²) in [5, 5.41) is 11.5. The van der Waals surface area contributed by atoms with Crippen LogP contribution in [0.15, 0.2) is 17.3 Å². The molecule has 1 N–H and O–H groups in total. The second-order valence-corrected chi connectivity index (χ2v) is 3.42. The third-order valence-electron chi connectivity index (χ3n) is 1.50. The minimum absolute atomic E-state index is 0.373. The lowest BCUT2D eigenvalue weighted by atomic mass is 10.3. The van der Waals surface area contributed by atoms with Crippen molar-refractivity contribution in [1.82, 2.24) is 0 Å². The molecule has 0 aliphatic heterocycles. The van der Waals surface area contributed by atoms with E-state index in [2.05, 4.69) is 9.89 Å². The molecule has 0 bridgehead atoms. The van der Waals surface area contributed by atoms with Gasteiger partial charge in [0.15, 0.2) is 0 Å². The van der Waals surface area contributed by atoms with Crippen molar-refractivity contribution >= 4 is 23.0 Å². The summed E-state index contributed by atoms with van der Waals surface area (Å²) in [5.41, 5.74) is 0.486. The van der Waals surface area contributed by atoms with E-state index in [9.17, 15) is 4.79 Å². The fraction of sp³-hybridized carbons (Fsp3) is 0.250. The van der Waals surface area contributed by atoms with Crippen LogP contribution in [0.1, 0.15) is 21.5 Å². The highest BCUT2D eigenvalue weighted by Gasteiger charge is 2.10. The van der Waals surface area contributed by atoms with Gasteiger partial charge in [-0.3, -0.25) is 0 Å². The predicted octanol–water partition coefficient (Wildman–Crippen LogP) is 1.73. The number of esters is 1. The number of oxime groups is 1. The SMILES string of the molecule is COC(=O)c1ccc(/C(C)=N/O)s1. The Morgan fingerprint density at radius 1 is 1.54 bits per heavy atom. The molecule has 1 aromatic heterocycles. The van der Waals surface area contributed by atoms with Gasteiger partial charge in [0, 0.05) is 0 Å². The van der Waals surface area contributed by atoms with Crippen molar-refractivity contribution in [1.29, 1.82) is 0 Å². The van der Waals surface area contributed by atoms with Crippen LogP contribution in [-0.2, 0) is 4.74 Å². The van der Waals surface area contributed by atoms with E-state index in [1.807, 2.05) is 0 Å². The van der Waals surface area contributed by atoms with Crippen molar-refractivity contribution in [2.45, 2.75) is 6.92 Å². The number of carbonyl (C=O) groups excluding carboxylic acids is 1. The zero-order valence-electron chi connectivity index (χ0n) is 7.27. The minimum Gasteiger partial charge on any atom is -0.465 e.